The number of nitrogens with zero attached hydrogens (tertiary/aromatic N) is 2. The summed E-state index contributed by atoms with van der Waals surface area (Å²) in [5, 5.41) is 3.01. The lowest BCUT2D eigenvalue weighted by Gasteiger charge is -2.15. The molecule has 2 N–H and O–H groups in total. The third-order valence-corrected chi connectivity index (χ3v) is 4.76. The van der Waals surface area contributed by atoms with Crippen LogP contribution in [0.15, 0.2) is 53.9 Å². The van der Waals surface area contributed by atoms with Crippen molar-refractivity contribution >= 4 is 27.9 Å². The van der Waals surface area contributed by atoms with Crippen molar-refractivity contribution in [3.63, 3.8) is 0 Å². The smallest absolute Gasteiger partial charge is 0.185 e. The van der Waals surface area contributed by atoms with Crippen LogP contribution in [0.1, 0.15) is 22.8 Å². The summed E-state index contributed by atoms with van der Waals surface area (Å²) in [6.45, 7) is 2.32. The average Bonchev–Trinajstić information content (AvgIpc) is 3.06. The summed E-state index contributed by atoms with van der Waals surface area (Å²) in [6, 6.07) is 15.4. The van der Waals surface area contributed by atoms with Crippen LogP contribution in [0.25, 0.3) is 11.3 Å². The van der Waals surface area contributed by atoms with Crippen molar-refractivity contribution in [3.8, 4) is 11.3 Å². The van der Waals surface area contributed by atoms with Gasteiger partial charge in [-0.1, -0.05) is 36.4 Å². The highest BCUT2D eigenvalue weighted by Gasteiger charge is 2.09. The number of aromatic nitrogens is 1. The number of Topliss-reactive ketones (excluding diaryl/α,β-unsaturated/α-hetero) is 1. The van der Waals surface area contributed by atoms with Gasteiger partial charge in [-0.05, 0) is 24.6 Å². The first-order chi connectivity index (χ1) is 11.5. The minimum Gasteiger partial charge on any atom is -0.399 e. The molecular weight excluding hydrogens is 318 g/mol. The van der Waals surface area contributed by atoms with Gasteiger partial charge in [0.05, 0.1) is 5.69 Å². The van der Waals surface area contributed by atoms with E-state index in [1.807, 2.05) is 55.6 Å². The first kappa shape index (κ1) is 16.2. The number of hydrogen-bond acceptors (Lipinski definition) is 5. The second-order valence-electron chi connectivity index (χ2n) is 5.75. The van der Waals surface area contributed by atoms with Gasteiger partial charge in [-0.3, -0.25) is 4.79 Å². The van der Waals surface area contributed by atoms with Crippen LogP contribution < -0.4 is 10.6 Å². The lowest BCUT2D eigenvalue weighted by atomic mass is 10.1. The van der Waals surface area contributed by atoms with E-state index >= 15 is 0 Å². The predicted octanol–water partition coefficient (Wildman–Crippen LogP) is 4.23. The molecule has 0 bridgehead atoms. The quantitative estimate of drug-likeness (QED) is 0.559. The zero-order chi connectivity index (χ0) is 17.1. The van der Waals surface area contributed by atoms with Gasteiger partial charge < -0.3 is 10.6 Å². The number of rotatable bonds is 5. The Hall–Kier alpha value is -2.66. The Morgan fingerprint density at radius 1 is 1.12 bits per heavy atom. The van der Waals surface area contributed by atoms with Gasteiger partial charge in [0.2, 0.25) is 0 Å². The molecule has 0 spiro atoms. The molecule has 3 rings (SSSR count). The van der Waals surface area contributed by atoms with Crippen molar-refractivity contribution in [2.75, 3.05) is 17.7 Å². The van der Waals surface area contributed by atoms with Gasteiger partial charge in [0, 0.05) is 35.8 Å². The number of ketones is 1. The average molecular weight is 337 g/mol. The second-order valence-corrected chi connectivity index (χ2v) is 6.58. The normalized spacial score (nSPS) is 10.6. The topological polar surface area (TPSA) is 59.2 Å². The Bertz CT molecular complexity index is 838. The monoisotopic (exact) mass is 337 g/mol. The van der Waals surface area contributed by atoms with Gasteiger partial charge in [0.15, 0.2) is 10.9 Å². The van der Waals surface area contributed by atoms with Gasteiger partial charge >= 0.3 is 0 Å². The molecule has 2 aromatic carbocycles. The maximum atomic E-state index is 11.3. The molecule has 1 heterocycles. The zero-order valence-electron chi connectivity index (χ0n) is 13.7. The molecule has 1 aromatic heterocycles. The highest BCUT2D eigenvalue weighted by Crippen LogP contribution is 2.28. The predicted molar refractivity (Wildman–Crippen MR) is 101 cm³/mol. The minimum absolute atomic E-state index is 0.0861. The fraction of sp³-hybridized carbons (Fsp3) is 0.158. The summed E-state index contributed by atoms with van der Waals surface area (Å²) >= 11 is 1.61. The van der Waals surface area contributed by atoms with E-state index in [1.54, 1.807) is 18.3 Å². The van der Waals surface area contributed by atoms with Crippen molar-refractivity contribution in [3.05, 3.63) is 65.0 Å². The Morgan fingerprint density at radius 3 is 2.42 bits per heavy atom. The number of nitrogens with two attached hydrogens (primary N) is 1. The summed E-state index contributed by atoms with van der Waals surface area (Å²) < 4.78 is 0. The van der Waals surface area contributed by atoms with Crippen molar-refractivity contribution in [1.29, 1.82) is 0 Å². The first-order valence-electron chi connectivity index (χ1n) is 7.65. The summed E-state index contributed by atoms with van der Waals surface area (Å²) in [7, 11) is 2.02. The Kier molecular flexibility index (Phi) is 4.62. The summed E-state index contributed by atoms with van der Waals surface area (Å²) in [5.41, 5.74) is 10.4. The maximum Gasteiger partial charge on any atom is 0.185 e. The van der Waals surface area contributed by atoms with Crippen LogP contribution in [0, 0.1) is 0 Å². The van der Waals surface area contributed by atoms with Gasteiger partial charge in [-0.2, -0.15) is 0 Å². The fourth-order valence-electron chi connectivity index (χ4n) is 2.41. The minimum atomic E-state index is 0.0861. The number of hydrogen-bond donors (Lipinski definition) is 1. The molecule has 0 aliphatic heterocycles. The van der Waals surface area contributed by atoms with E-state index in [0.717, 1.165) is 39.7 Å². The maximum absolute atomic E-state index is 11.3. The standard InChI is InChI=1S/C19H19N3OS/c1-13(23)15-5-3-14(4-6-15)11-22(2)19-21-18(12-24-19)16-7-9-17(20)10-8-16/h3-10,12H,11,20H2,1-2H3. The van der Waals surface area contributed by atoms with Crippen LogP contribution >= 0.6 is 11.3 Å². The van der Waals surface area contributed by atoms with E-state index in [9.17, 15) is 4.79 Å². The van der Waals surface area contributed by atoms with E-state index in [1.165, 1.54) is 0 Å². The summed E-state index contributed by atoms with van der Waals surface area (Å²) in [4.78, 5) is 18.1. The molecule has 4 nitrogen and oxygen atoms in total. The van der Waals surface area contributed by atoms with Crippen molar-refractivity contribution in [2.24, 2.45) is 0 Å². The molecule has 0 unspecified atom stereocenters. The fourth-order valence-corrected chi connectivity index (χ4v) is 3.21. The SMILES string of the molecule is CC(=O)c1ccc(CN(C)c2nc(-c3ccc(N)cc3)cs2)cc1. The van der Waals surface area contributed by atoms with Gasteiger partial charge in [-0.25, -0.2) is 4.98 Å². The highest BCUT2D eigenvalue weighted by molar-refractivity contribution is 7.14. The van der Waals surface area contributed by atoms with Crippen LogP contribution in [0.5, 0.6) is 0 Å². The van der Waals surface area contributed by atoms with E-state index in [0.29, 0.717) is 0 Å². The molecule has 0 aliphatic carbocycles. The molecule has 0 radical (unpaired) electrons. The highest BCUT2D eigenvalue weighted by atomic mass is 32.1. The number of anilines is 2. The molecular formula is C19H19N3OS. The molecule has 0 saturated heterocycles. The summed E-state index contributed by atoms with van der Waals surface area (Å²) in [5.74, 6) is 0.0861. The summed E-state index contributed by atoms with van der Waals surface area (Å²) in [6.07, 6.45) is 0. The van der Waals surface area contributed by atoms with Crippen LogP contribution in [0.2, 0.25) is 0 Å². The number of thiazole rings is 1. The van der Waals surface area contributed by atoms with E-state index in [2.05, 4.69) is 10.3 Å². The molecule has 3 aromatic rings. The van der Waals surface area contributed by atoms with E-state index < -0.39 is 0 Å². The van der Waals surface area contributed by atoms with Crippen LogP contribution in [-0.2, 0) is 6.54 Å². The molecule has 0 fully saturated rings. The Balaban J connectivity index is 1.72. The van der Waals surface area contributed by atoms with E-state index in [-0.39, 0.29) is 5.78 Å². The van der Waals surface area contributed by atoms with Crippen molar-refractivity contribution in [1.82, 2.24) is 4.98 Å². The van der Waals surface area contributed by atoms with Crippen molar-refractivity contribution < 1.29 is 4.79 Å². The molecule has 0 amide bonds. The largest absolute Gasteiger partial charge is 0.399 e. The number of nitrogen functional groups attached to an aromatic ring is 1. The number of carbonyl (C=O) groups is 1. The van der Waals surface area contributed by atoms with Crippen LogP contribution in [0.3, 0.4) is 0 Å². The van der Waals surface area contributed by atoms with Crippen molar-refractivity contribution in [2.45, 2.75) is 13.5 Å². The lowest BCUT2D eigenvalue weighted by molar-refractivity contribution is 0.101. The van der Waals surface area contributed by atoms with Gasteiger partial charge in [-0.15, -0.1) is 11.3 Å². The van der Waals surface area contributed by atoms with Crippen LogP contribution in [-0.4, -0.2) is 17.8 Å². The third kappa shape index (κ3) is 3.63. The third-order valence-electron chi connectivity index (χ3n) is 3.81. The zero-order valence-corrected chi connectivity index (χ0v) is 14.5. The van der Waals surface area contributed by atoms with Crippen LogP contribution in [0.4, 0.5) is 10.8 Å². The Morgan fingerprint density at radius 2 is 1.79 bits per heavy atom. The molecule has 122 valence electrons. The molecule has 0 saturated carbocycles. The van der Waals surface area contributed by atoms with Gasteiger partial charge in [0.25, 0.3) is 0 Å². The Labute approximate surface area is 145 Å². The molecule has 24 heavy (non-hydrogen) atoms. The van der Waals surface area contributed by atoms with E-state index in [4.69, 9.17) is 10.7 Å². The lowest BCUT2D eigenvalue weighted by Crippen LogP contribution is -2.16. The molecule has 0 atom stereocenters. The second kappa shape index (κ2) is 6.84. The number of benzene rings is 2. The molecule has 5 heteroatoms. The molecule has 0 aliphatic rings. The van der Waals surface area contributed by atoms with Gasteiger partial charge in [0.1, 0.15) is 0 Å². The number of carbonyl (C=O) groups excluding carboxylic acids is 1. The first-order valence-corrected chi connectivity index (χ1v) is 8.53.